The number of hydrogen-bond acceptors (Lipinski definition) is 4. The van der Waals surface area contributed by atoms with E-state index in [4.69, 9.17) is 0 Å². The van der Waals surface area contributed by atoms with Crippen LogP contribution in [0.2, 0.25) is 0 Å². The molecule has 0 fully saturated rings. The average Bonchev–Trinajstić information content (AvgIpc) is 2.40. The molecule has 0 amide bonds. The molecule has 1 N–H and O–H groups in total. The van der Waals surface area contributed by atoms with E-state index >= 15 is 0 Å². The molecular formula is C13H16N4. The lowest BCUT2D eigenvalue weighted by Crippen LogP contribution is -2.10. The van der Waals surface area contributed by atoms with Gasteiger partial charge in [-0.1, -0.05) is 13.0 Å². The maximum Gasteiger partial charge on any atom is 0.178 e. The number of pyridine rings is 1. The van der Waals surface area contributed by atoms with Gasteiger partial charge >= 0.3 is 0 Å². The number of hydrogen-bond donors (Lipinski definition) is 1. The molecule has 0 spiro atoms. The van der Waals surface area contributed by atoms with Crippen molar-refractivity contribution in [3.8, 4) is 11.5 Å². The first-order chi connectivity index (χ1) is 8.35. The monoisotopic (exact) mass is 228 g/mol. The van der Waals surface area contributed by atoms with Crippen molar-refractivity contribution in [2.75, 3.05) is 7.05 Å². The zero-order chi connectivity index (χ0) is 12.1. The van der Waals surface area contributed by atoms with Crippen LogP contribution in [-0.4, -0.2) is 22.0 Å². The predicted molar refractivity (Wildman–Crippen MR) is 67.4 cm³/mol. The van der Waals surface area contributed by atoms with E-state index in [1.165, 1.54) is 0 Å². The Bertz CT molecular complexity index is 482. The van der Waals surface area contributed by atoms with Gasteiger partial charge in [-0.2, -0.15) is 0 Å². The fourth-order valence-electron chi connectivity index (χ4n) is 1.70. The molecule has 0 saturated carbocycles. The van der Waals surface area contributed by atoms with Gasteiger partial charge in [-0.3, -0.25) is 4.98 Å². The molecule has 17 heavy (non-hydrogen) atoms. The van der Waals surface area contributed by atoms with Crippen molar-refractivity contribution in [1.29, 1.82) is 0 Å². The maximum atomic E-state index is 4.57. The van der Waals surface area contributed by atoms with Crippen molar-refractivity contribution in [3.05, 3.63) is 41.9 Å². The summed E-state index contributed by atoms with van der Waals surface area (Å²) < 4.78 is 0. The second kappa shape index (κ2) is 5.50. The topological polar surface area (TPSA) is 50.7 Å². The summed E-state index contributed by atoms with van der Waals surface area (Å²) in [5, 5.41) is 3.12. The normalized spacial score (nSPS) is 10.5. The summed E-state index contributed by atoms with van der Waals surface area (Å²) >= 11 is 0. The summed E-state index contributed by atoms with van der Waals surface area (Å²) in [6.45, 7) is 2.90. The third-order valence-corrected chi connectivity index (χ3v) is 2.55. The smallest absolute Gasteiger partial charge is 0.178 e. The Hall–Kier alpha value is -1.81. The third-order valence-electron chi connectivity index (χ3n) is 2.55. The molecule has 0 unspecified atom stereocenters. The molecule has 2 aromatic rings. The fraction of sp³-hybridized carbons (Fsp3) is 0.308. The molecule has 88 valence electrons. The highest BCUT2D eigenvalue weighted by Gasteiger charge is 2.07. The first-order valence-corrected chi connectivity index (χ1v) is 5.76. The van der Waals surface area contributed by atoms with E-state index in [0.29, 0.717) is 5.82 Å². The Morgan fingerprint density at radius 2 is 2.12 bits per heavy atom. The van der Waals surface area contributed by atoms with Gasteiger partial charge in [0.25, 0.3) is 0 Å². The Labute approximate surface area is 101 Å². The van der Waals surface area contributed by atoms with E-state index in [0.717, 1.165) is 29.9 Å². The number of aromatic nitrogens is 3. The van der Waals surface area contributed by atoms with Crippen LogP contribution in [0.5, 0.6) is 0 Å². The molecule has 0 saturated heterocycles. The Kier molecular flexibility index (Phi) is 3.77. The van der Waals surface area contributed by atoms with E-state index < -0.39 is 0 Å². The zero-order valence-corrected chi connectivity index (χ0v) is 10.1. The van der Waals surface area contributed by atoms with Gasteiger partial charge in [0, 0.05) is 30.2 Å². The van der Waals surface area contributed by atoms with Crippen molar-refractivity contribution in [3.63, 3.8) is 0 Å². The number of rotatable bonds is 4. The van der Waals surface area contributed by atoms with Gasteiger partial charge in [0.05, 0.1) is 0 Å². The lowest BCUT2D eigenvalue weighted by molar-refractivity contribution is 0.786. The van der Waals surface area contributed by atoms with E-state index in [9.17, 15) is 0 Å². The number of aryl methyl sites for hydroxylation is 1. The molecule has 0 aliphatic rings. The van der Waals surface area contributed by atoms with Gasteiger partial charge in [-0.25, -0.2) is 9.97 Å². The zero-order valence-electron chi connectivity index (χ0n) is 10.1. The molecule has 0 aliphatic carbocycles. The minimum absolute atomic E-state index is 0.697. The maximum absolute atomic E-state index is 4.57. The van der Waals surface area contributed by atoms with Crippen molar-refractivity contribution >= 4 is 0 Å². The standard InChI is InChI=1S/C13H16N4/c1-3-11-10(8-14-2)9-16-13(17-11)12-6-4-5-7-15-12/h4-7,9,14H,3,8H2,1-2H3. The van der Waals surface area contributed by atoms with Crippen LogP contribution in [0.25, 0.3) is 11.5 Å². The van der Waals surface area contributed by atoms with Crippen LogP contribution in [-0.2, 0) is 13.0 Å². The average molecular weight is 228 g/mol. The van der Waals surface area contributed by atoms with Crippen LogP contribution in [0.1, 0.15) is 18.2 Å². The molecular weight excluding hydrogens is 212 g/mol. The summed E-state index contributed by atoms with van der Waals surface area (Å²) in [5.41, 5.74) is 3.04. The van der Waals surface area contributed by atoms with E-state index in [1.807, 2.05) is 31.4 Å². The molecule has 2 rings (SSSR count). The molecule has 0 atom stereocenters. The highest BCUT2D eigenvalue weighted by atomic mass is 14.9. The van der Waals surface area contributed by atoms with E-state index in [2.05, 4.69) is 27.2 Å². The van der Waals surface area contributed by atoms with E-state index in [-0.39, 0.29) is 0 Å². The summed E-state index contributed by atoms with van der Waals surface area (Å²) in [5.74, 6) is 0.697. The van der Waals surface area contributed by atoms with Gasteiger partial charge in [0.2, 0.25) is 0 Å². The van der Waals surface area contributed by atoms with Gasteiger partial charge in [0.1, 0.15) is 5.69 Å². The van der Waals surface area contributed by atoms with Crippen LogP contribution < -0.4 is 5.32 Å². The van der Waals surface area contributed by atoms with Crippen LogP contribution in [0.3, 0.4) is 0 Å². The fourth-order valence-corrected chi connectivity index (χ4v) is 1.70. The molecule has 0 aliphatic heterocycles. The Morgan fingerprint density at radius 3 is 2.76 bits per heavy atom. The Balaban J connectivity index is 2.38. The SMILES string of the molecule is CCc1nc(-c2ccccn2)ncc1CNC. The number of nitrogens with one attached hydrogen (secondary N) is 1. The minimum Gasteiger partial charge on any atom is -0.316 e. The van der Waals surface area contributed by atoms with Crippen molar-refractivity contribution < 1.29 is 0 Å². The summed E-state index contributed by atoms with van der Waals surface area (Å²) in [7, 11) is 1.92. The largest absolute Gasteiger partial charge is 0.316 e. The van der Waals surface area contributed by atoms with Crippen LogP contribution in [0, 0.1) is 0 Å². The van der Waals surface area contributed by atoms with Gasteiger partial charge in [-0.15, -0.1) is 0 Å². The van der Waals surface area contributed by atoms with Crippen LogP contribution in [0.4, 0.5) is 0 Å². The molecule has 0 radical (unpaired) electrons. The number of nitrogens with zero attached hydrogens (tertiary/aromatic N) is 3. The first kappa shape index (κ1) is 11.7. The van der Waals surface area contributed by atoms with Gasteiger partial charge in [0.15, 0.2) is 5.82 Å². The van der Waals surface area contributed by atoms with Gasteiger partial charge in [-0.05, 0) is 25.6 Å². The summed E-state index contributed by atoms with van der Waals surface area (Å²) in [6.07, 6.45) is 4.54. The Morgan fingerprint density at radius 1 is 1.24 bits per heavy atom. The molecule has 4 heteroatoms. The highest BCUT2D eigenvalue weighted by Crippen LogP contribution is 2.14. The first-order valence-electron chi connectivity index (χ1n) is 5.76. The van der Waals surface area contributed by atoms with E-state index in [1.54, 1.807) is 6.20 Å². The lowest BCUT2D eigenvalue weighted by Gasteiger charge is -2.07. The minimum atomic E-state index is 0.697. The quantitative estimate of drug-likeness (QED) is 0.867. The third kappa shape index (κ3) is 2.65. The van der Waals surface area contributed by atoms with Crippen molar-refractivity contribution in [1.82, 2.24) is 20.3 Å². The molecule has 0 bridgehead atoms. The second-order valence-electron chi connectivity index (χ2n) is 3.76. The summed E-state index contributed by atoms with van der Waals surface area (Å²) in [6, 6.07) is 5.75. The lowest BCUT2D eigenvalue weighted by atomic mass is 10.2. The highest BCUT2D eigenvalue weighted by molar-refractivity contribution is 5.48. The van der Waals surface area contributed by atoms with Crippen LogP contribution in [0.15, 0.2) is 30.6 Å². The summed E-state index contributed by atoms with van der Waals surface area (Å²) in [4.78, 5) is 13.2. The molecule has 2 heterocycles. The van der Waals surface area contributed by atoms with Crippen LogP contribution >= 0.6 is 0 Å². The predicted octanol–water partition coefficient (Wildman–Crippen LogP) is 1.82. The second-order valence-corrected chi connectivity index (χ2v) is 3.76. The van der Waals surface area contributed by atoms with Crippen molar-refractivity contribution in [2.45, 2.75) is 19.9 Å². The molecule has 4 nitrogen and oxygen atoms in total. The molecule has 2 aromatic heterocycles. The van der Waals surface area contributed by atoms with Gasteiger partial charge < -0.3 is 5.32 Å². The van der Waals surface area contributed by atoms with Crippen molar-refractivity contribution in [2.24, 2.45) is 0 Å². The molecule has 0 aromatic carbocycles.